The lowest BCUT2D eigenvalue weighted by Gasteiger charge is -2.24. The smallest absolute Gasteiger partial charge is 0.294 e. The van der Waals surface area contributed by atoms with Crippen LogP contribution in [-0.4, -0.2) is 11.0 Å². The third-order valence-electron chi connectivity index (χ3n) is 3.77. The van der Waals surface area contributed by atoms with E-state index in [2.05, 4.69) is 0 Å². The first-order valence-corrected chi connectivity index (χ1v) is 6.67. The molecule has 1 atom stereocenters. The first kappa shape index (κ1) is 13.1. The van der Waals surface area contributed by atoms with Crippen molar-refractivity contribution in [3.05, 3.63) is 63.7 Å². The Morgan fingerprint density at radius 3 is 2.76 bits per heavy atom. The van der Waals surface area contributed by atoms with Crippen molar-refractivity contribution >= 4 is 17.1 Å². The van der Waals surface area contributed by atoms with Crippen molar-refractivity contribution in [1.82, 2.24) is 0 Å². The molecule has 0 N–H and O–H groups in total. The molecule has 1 aliphatic heterocycles. The van der Waals surface area contributed by atoms with E-state index in [1.54, 1.807) is 12.1 Å². The summed E-state index contributed by atoms with van der Waals surface area (Å²) in [5.41, 5.74) is 2.99. The summed E-state index contributed by atoms with van der Waals surface area (Å²) >= 11 is 0. The van der Waals surface area contributed by atoms with Gasteiger partial charge in [0.15, 0.2) is 0 Å². The Morgan fingerprint density at radius 1 is 1.29 bits per heavy atom. The molecular formula is C16H13N3O2. The summed E-state index contributed by atoms with van der Waals surface area (Å²) in [4.78, 5) is 12.9. The van der Waals surface area contributed by atoms with Gasteiger partial charge in [0.1, 0.15) is 5.69 Å². The molecule has 104 valence electrons. The van der Waals surface area contributed by atoms with Crippen LogP contribution in [-0.2, 0) is 6.42 Å². The molecule has 21 heavy (non-hydrogen) atoms. The lowest BCUT2D eigenvalue weighted by Crippen LogP contribution is -2.24. The zero-order chi connectivity index (χ0) is 15.0. The van der Waals surface area contributed by atoms with Crippen molar-refractivity contribution in [1.29, 1.82) is 5.26 Å². The van der Waals surface area contributed by atoms with Gasteiger partial charge in [-0.05, 0) is 37.1 Å². The number of benzene rings is 2. The molecule has 0 radical (unpaired) electrons. The van der Waals surface area contributed by atoms with E-state index >= 15 is 0 Å². The Labute approximate surface area is 122 Å². The Morgan fingerprint density at radius 2 is 2.05 bits per heavy atom. The van der Waals surface area contributed by atoms with Crippen molar-refractivity contribution in [2.75, 3.05) is 4.90 Å². The predicted octanol–water partition coefficient (Wildman–Crippen LogP) is 3.55. The predicted molar refractivity (Wildman–Crippen MR) is 79.6 cm³/mol. The molecule has 1 heterocycles. The molecule has 5 heteroatoms. The van der Waals surface area contributed by atoms with E-state index < -0.39 is 4.92 Å². The Kier molecular flexibility index (Phi) is 3.07. The second-order valence-electron chi connectivity index (χ2n) is 5.12. The van der Waals surface area contributed by atoms with Gasteiger partial charge in [0, 0.05) is 17.8 Å². The van der Waals surface area contributed by atoms with Gasteiger partial charge in [-0.15, -0.1) is 0 Å². The molecule has 1 aliphatic rings. The van der Waals surface area contributed by atoms with Crippen LogP contribution in [0.25, 0.3) is 0 Å². The minimum absolute atomic E-state index is 0.0300. The molecule has 0 fully saturated rings. The maximum atomic E-state index is 11.3. The lowest BCUT2D eigenvalue weighted by molar-refractivity contribution is -0.384. The molecule has 0 bridgehead atoms. The normalized spacial score (nSPS) is 16.4. The summed E-state index contributed by atoms with van der Waals surface area (Å²) in [7, 11) is 0. The summed E-state index contributed by atoms with van der Waals surface area (Å²) < 4.78 is 0. The molecule has 0 amide bonds. The van der Waals surface area contributed by atoms with E-state index in [0.29, 0.717) is 11.3 Å². The van der Waals surface area contributed by atoms with E-state index in [-0.39, 0.29) is 11.7 Å². The van der Waals surface area contributed by atoms with Crippen molar-refractivity contribution in [3.63, 3.8) is 0 Å². The average molecular weight is 279 g/mol. The van der Waals surface area contributed by atoms with Crippen LogP contribution >= 0.6 is 0 Å². The third kappa shape index (κ3) is 2.11. The highest BCUT2D eigenvalue weighted by molar-refractivity contribution is 5.77. The van der Waals surface area contributed by atoms with Crippen LogP contribution in [0, 0.1) is 21.4 Å². The zero-order valence-corrected chi connectivity index (χ0v) is 11.5. The van der Waals surface area contributed by atoms with Gasteiger partial charge in [0.25, 0.3) is 5.69 Å². The quantitative estimate of drug-likeness (QED) is 0.622. The minimum Gasteiger partial charge on any atom is -0.332 e. The van der Waals surface area contributed by atoms with Crippen molar-refractivity contribution in [3.8, 4) is 6.07 Å². The molecule has 0 aromatic heterocycles. The van der Waals surface area contributed by atoms with E-state index in [9.17, 15) is 10.1 Å². The van der Waals surface area contributed by atoms with E-state index in [1.807, 2.05) is 42.2 Å². The molecule has 0 saturated carbocycles. The first-order chi connectivity index (χ1) is 10.1. The summed E-state index contributed by atoms with van der Waals surface area (Å²) in [6, 6.07) is 14.6. The van der Waals surface area contributed by atoms with Gasteiger partial charge < -0.3 is 4.90 Å². The topological polar surface area (TPSA) is 70.2 Å². The number of hydrogen-bond donors (Lipinski definition) is 0. The number of nitrogens with zero attached hydrogens (tertiary/aromatic N) is 3. The van der Waals surface area contributed by atoms with Crippen molar-refractivity contribution in [2.24, 2.45) is 0 Å². The monoisotopic (exact) mass is 279 g/mol. The first-order valence-electron chi connectivity index (χ1n) is 6.67. The van der Waals surface area contributed by atoms with Crippen LogP contribution < -0.4 is 4.90 Å². The zero-order valence-electron chi connectivity index (χ0n) is 11.5. The van der Waals surface area contributed by atoms with E-state index in [4.69, 9.17) is 5.26 Å². The van der Waals surface area contributed by atoms with Gasteiger partial charge >= 0.3 is 0 Å². The number of fused-ring (bicyclic) bond motifs is 1. The lowest BCUT2D eigenvalue weighted by atomic mass is 10.1. The number of nitro groups is 1. The molecule has 0 spiro atoms. The summed E-state index contributed by atoms with van der Waals surface area (Å²) in [6.07, 6.45) is 0.854. The van der Waals surface area contributed by atoms with Gasteiger partial charge in [-0.1, -0.05) is 18.2 Å². The molecule has 0 saturated heterocycles. The van der Waals surface area contributed by atoms with Crippen LogP contribution in [0.5, 0.6) is 0 Å². The van der Waals surface area contributed by atoms with Crippen LogP contribution in [0.15, 0.2) is 42.5 Å². The number of para-hydroxylation sites is 1. The van der Waals surface area contributed by atoms with Gasteiger partial charge in [0.2, 0.25) is 0 Å². The Balaban J connectivity index is 2.17. The molecule has 1 unspecified atom stereocenters. The summed E-state index contributed by atoms with van der Waals surface area (Å²) in [5, 5.41) is 20.3. The standard InChI is InChI=1S/C16H13N3O2/c1-11-8-13-4-2-3-5-14(13)18(11)15-7-6-12(10-17)9-16(15)19(20)21/h2-7,9,11H,8H2,1H3. The molecule has 0 aliphatic carbocycles. The Bertz CT molecular complexity index is 764. The molecule has 2 aromatic rings. The van der Waals surface area contributed by atoms with Crippen LogP contribution in [0.3, 0.4) is 0 Å². The number of nitriles is 1. The second kappa shape index (κ2) is 4.91. The highest BCUT2D eigenvalue weighted by Crippen LogP contribution is 2.42. The Hall–Kier alpha value is -2.87. The summed E-state index contributed by atoms with van der Waals surface area (Å²) in [6.45, 7) is 2.04. The summed E-state index contributed by atoms with van der Waals surface area (Å²) in [5.74, 6) is 0. The largest absolute Gasteiger partial charge is 0.332 e. The highest BCUT2D eigenvalue weighted by atomic mass is 16.6. The number of rotatable bonds is 2. The third-order valence-corrected chi connectivity index (χ3v) is 3.77. The fourth-order valence-corrected chi connectivity index (χ4v) is 2.88. The second-order valence-corrected chi connectivity index (χ2v) is 5.12. The van der Waals surface area contributed by atoms with Crippen LogP contribution in [0.2, 0.25) is 0 Å². The molecule has 5 nitrogen and oxygen atoms in total. The SMILES string of the molecule is CC1Cc2ccccc2N1c1ccc(C#N)cc1[N+](=O)[O-]. The maximum absolute atomic E-state index is 11.3. The molecule has 3 rings (SSSR count). The van der Waals surface area contributed by atoms with Gasteiger partial charge in [-0.25, -0.2) is 0 Å². The average Bonchev–Trinajstić information content (AvgIpc) is 2.82. The highest BCUT2D eigenvalue weighted by Gasteiger charge is 2.31. The van der Waals surface area contributed by atoms with Crippen molar-refractivity contribution < 1.29 is 4.92 Å². The fourth-order valence-electron chi connectivity index (χ4n) is 2.88. The van der Waals surface area contributed by atoms with Gasteiger partial charge in [0.05, 0.1) is 16.6 Å². The van der Waals surface area contributed by atoms with Gasteiger partial charge in [-0.2, -0.15) is 5.26 Å². The fraction of sp³-hybridized carbons (Fsp3) is 0.188. The number of nitro benzene ring substituents is 1. The van der Waals surface area contributed by atoms with Crippen molar-refractivity contribution in [2.45, 2.75) is 19.4 Å². The number of anilines is 2. The number of hydrogen-bond acceptors (Lipinski definition) is 4. The molecular weight excluding hydrogens is 266 g/mol. The maximum Gasteiger partial charge on any atom is 0.294 e. The van der Waals surface area contributed by atoms with Crippen LogP contribution in [0.1, 0.15) is 18.1 Å². The molecule has 2 aromatic carbocycles. The van der Waals surface area contributed by atoms with E-state index in [0.717, 1.165) is 12.1 Å². The van der Waals surface area contributed by atoms with E-state index in [1.165, 1.54) is 11.6 Å². The minimum atomic E-state index is -0.427. The van der Waals surface area contributed by atoms with Crippen LogP contribution in [0.4, 0.5) is 17.1 Å². The van der Waals surface area contributed by atoms with Gasteiger partial charge in [-0.3, -0.25) is 10.1 Å².